The third kappa shape index (κ3) is 4.92. The molecule has 0 unspecified atom stereocenters. The second-order valence-electron chi connectivity index (χ2n) is 5.20. The molecule has 2 heterocycles. The lowest BCUT2D eigenvalue weighted by atomic mass is 10.2. The number of alkyl carbamates (subject to hydrolysis) is 1. The summed E-state index contributed by atoms with van der Waals surface area (Å²) in [5.74, 6) is 0. The molecule has 0 spiro atoms. The normalized spacial score (nSPS) is 15.0. The van der Waals surface area contributed by atoms with Crippen molar-refractivity contribution in [3.63, 3.8) is 0 Å². The quantitative estimate of drug-likeness (QED) is 0.867. The highest BCUT2D eigenvalue weighted by Crippen LogP contribution is 2.29. The maximum absolute atomic E-state index is 11.6. The molecule has 1 aliphatic heterocycles. The number of hydrogen-bond acceptors (Lipinski definition) is 5. The number of rotatable bonds is 6. The molecular formula is C18H19NO4S. The van der Waals surface area contributed by atoms with Crippen LogP contribution in [0.1, 0.15) is 22.3 Å². The first-order valence-corrected chi connectivity index (χ1v) is 8.62. The molecular weight excluding hydrogens is 326 g/mol. The minimum absolute atomic E-state index is 0.233. The van der Waals surface area contributed by atoms with E-state index in [1.807, 2.05) is 53.9 Å². The van der Waals surface area contributed by atoms with Crippen molar-refractivity contribution in [3.8, 4) is 0 Å². The molecule has 6 heteroatoms. The van der Waals surface area contributed by atoms with Gasteiger partial charge in [0.15, 0.2) is 6.29 Å². The molecule has 1 amide bonds. The number of hydrogen-bond donors (Lipinski definition) is 1. The standard InChI is InChI=1S/C18H19NO4S/c20-18(23-12-14-5-2-1-3-6-14)19-8-4-7-15-11-16(24-13-15)17-21-9-10-22-17/h1-7,11,13,17H,8-10,12H2,(H,19,20). The van der Waals surface area contributed by atoms with Gasteiger partial charge in [-0.1, -0.05) is 42.5 Å². The smallest absolute Gasteiger partial charge is 0.407 e. The van der Waals surface area contributed by atoms with Gasteiger partial charge < -0.3 is 19.5 Å². The summed E-state index contributed by atoms with van der Waals surface area (Å²) in [6.07, 6.45) is 3.17. The van der Waals surface area contributed by atoms with E-state index in [1.54, 1.807) is 11.3 Å². The molecule has 0 bridgehead atoms. The molecule has 0 atom stereocenters. The first-order valence-electron chi connectivity index (χ1n) is 7.74. The van der Waals surface area contributed by atoms with Crippen molar-refractivity contribution in [2.75, 3.05) is 19.8 Å². The van der Waals surface area contributed by atoms with E-state index >= 15 is 0 Å². The Balaban J connectivity index is 1.37. The summed E-state index contributed by atoms with van der Waals surface area (Å²) in [6, 6.07) is 11.6. The second-order valence-corrected chi connectivity index (χ2v) is 6.14. The zero-order chi connectivity index (χ0) is 16.6. The van der Waals surface area contributed by atoms with Gasteiger partial charge in [0.2, 0.25) is 0 Å². The molecule has 1 aromatic heterocycles. The van der Waals surface area contributed by atoms with Crippen LogP contribution in [0, 0.1) is 0 Å². The average Bonchev–Trinajstić information content (AvgIpc) is 3.29. The number of carbonyl (C=O) groups excluding carboxylic acids is 1. The molecule has 1 fully saturated rings. The van der Waals surface area contributed by atoms with Crippen LogP contribution >= 0.6 is 11.3 Å². The number of ether oxygens (including phenoxy) is 3. The lowest BCUT2D eigenvalue weighted by molar-refractivity contribution is -0.0413. The first-order chi connectivity index (χ1) is 11.8. The Morgan fingerprint density at radius 2 is 2.08 bits per heavy atom. The Hall–Kier alpha value is -2.15. The molecule has 0 saturated carbocycles. The predicted octanol–water partition coefficient (Wildman–Crippen LogP) is 3.73. The van der Waals surface area contributed by atoms with E-state index < -0.39 is 6.09 Å². The Morgan fingerprint density at radius 3 is 2.88 bits per heavy atom. The van der Waals surface area contributed by atoms with Gasteiger partial charge in [0.05, 0.1) is 18.1 Å². The van der Waals surface area contributed by atoms with E-state index in [1.165, 1.54) is 0 Å². The van der Waals surface area contributed by atoms with Crippen LogP contribution in [0.15, 0.2) is 47.9 Å². The van der Waals surface area contributed by atoms with Crippen LogP contribution in [-0.2, 0) is 20.8 Å². The summed E-state index contributed by atoms with van der Waals surface area (Å²) in [5, 5.41) is 4.72. The fourth-order valence-corrected chi connectivity index (χ4v) is 3.08. The molecule has 2 aromatic rings. The third-order valence-electron chi connectivity index (χ3n) is 3.38. The van der Waals surface area contributed by atoms with Gasteiger partial charge in [0, 0.05) is 6.54 Å². The highest BCUT2D eigenvalue weighted by atomic mass is 32.1. The fourth-order valence-electron chi connectivity index (χ4n) is 2.21. The molecule has 0 aliphatic carbocycles. The summed E-state index contributed by atoms with van der Waals surface area (Å²) in [6.45, 7) is 1.96. The van der Waals surface area contributed by atoms with E-state index in [0.717, 1.165) is 16.0 Å². The second kappa shape index (κ2) is 8.63. The number of amides is 1. The molecule has 1 aromatic carbocycles. The van der Waals surface area contributed by atoms with Crippen molar-refractivity contribution in [1.82, 2.24) is 5.32 Å². The van der Waals surface area contributed by atoms with Crippen LogP contribution in [0.5, 0.6) is 0 Å². The summed E-state index contributed by atoms with van der Waals surface area (Å²) in [5.41, 5.74) is 2.03. The van der Waals surface area contributed by atoms with Crippen molar-refractivity contribution >= 4 is 23.5 Å². The van der Waals surface area contributed by atoms with Crippen LogP contribution in [0.4, 0.5) is 4.79 Å². The zero-order valence-corrected chi connectivity index (χ0v) is 14.0. The largest absolute Gasteiger partial charge is 0.445 e. The molecule has 24 heavy (non-hydrogen) atoms. The van der Waals surface area contributed by atoms with Crippen molar-refractivity contribution < 1.29 is 19.0 Å². The van der Waals surface area contributed by atoms with Gasteiger partial charge in [-0.15, -0.1) is 11.3 Å². The number of nitrogens with one attached hydrogen (secondary N) is 1. The van der Waals surface area contributed by atoms with Crippen molar-refractivity contribution in [2.45, 2.75) is 12.9 Å². The number of carbonyl (C=O) groups is 1. The highest BCUT2D eigenvalue weighted by Gasteiger charge is 2.19. The van der Waals surface area contributed by atoms with Gasteiger partial charge in [-0.2, -0.15) is 0 Å². The van der Waals surface area contributed by atoms with Crippen LogP contribution in [0.25, 0.3) is 6.08 Å². The maximum atomic E-state index is 11.6. The summed E-state index contributed by atoms with van der Waals surface area (Å²) in [4.78, 5) is 12.7. The third-order valence-corrected chi connectivity index (χ3v) is 4.35. The lowest BCUT2D eigenvalue weighted by Gasteiger charge is -2.05. The van der Waals surface area contributed by atoms with E-state index in [0.29, 0.717) is 19.8 Å². The number of thiophene rings is 1. The summed E-state index contributed by atoms with van der Waals surface area (Å²) < 4.78 is 16.1. The van der Waals surface area contributed by atoms with E-state index in [4.69, 9.17) is 14.2 Å². The molecule has 1 N–H and O–H groups in total. The summed E-state index contributed by atoms with van der Waals surface area (Å²) >= 11 is 1.60. The fraction of sp³-hybridized carbons (Fsp3) is 0.278. The minimum atomic E-state index is -0.428. The molecule has 1 aliphatic rings. The van der Waals surface area contributed by atoms with E-state index in [-0.39, 0.29) is 12.9 Å². The Labute approximate surface area is 144 Å². The molecule has 1 saturated heterocycles. The van der Waals surface area contributed by atoms with Gasteiger partial charge in [0.25, 0.3) is 0 Å². The minimum Gasteiger partial charge on any atom is -0.445 e. The Bertz CT molecular complexity index is 677. The van der Waals surface area contributed by atoms with Crippen LogP contribution in [-0.4, -0.2) is 25.9 Å². The first kappa shape index (κ1) is 16.7. The van der Waals surface area contributed by atoms with Crippen LogP contribution in [0.3, 0.4) is 0 Å². The lowest BCUT2D eigenvalue weighted by Crippen LogP contribution is -2.24. The van der Waals surface area contributed by atoms with Gasteiger partial charge in [-0.25, -0.2) is 4.79 Å². The van der Waals surface area contributed by atoms with E-state index in [2.05, 4.69) is 5.32 Å². The summed E-state index contributed by atoms with van der Waals surface area (Å²) in [7, 11) is 0. The number of benzene rings is 1. The maximum Gasteiger partial charge on any atom is 0.407 e. The van der Waals surface area contributed by atoms with Gasteiger partial charge >= 0.3 is 6.09 Å². The van der Waals surface area contributed by atoms with Crippen LogP contribution in [0.2, 0.25) is 0 Å². The highest BCUT2D eigenvalue weighted by molar-refractivity contribution is 7.10. The van der Waals surface area contributed by atoms with Crippen LogP contribution < -0.4 is 5.32 Å². The molecule has 126 valence electrons. The van der Waals surface area contributed by atoms with Crippen molar-refractivity contribution in [1.29, 1.82) is 0 Å². The SMILES string of the molecule is O=C(NCC=Cc1csc(C2OCCO2)c1)OCc1ccccc1. The molecule has 3 rings (SSSR count). The van der Waals surface area contributed by atoms with Gasteiger partial charge in [-0.05, 0) is 22.6 Å². The Kier molecular flexibility index (Phi) is 6.01. The van der Waals surface area contributed by atoms with Gasteiger partial charge in [-0.3, -0.25) is 0 Å². The Morgan fingerprint density at radius 1 is 1.29 bits per heavy atom. The molecule has 0 radical (unpaired) electrons. The molecule has 5 nitrogen and oxygen atoms in total. The van der Waals surface area contributed by atoms with E-state index in [9.17, 15) is 4.79 Å². The monoisotopic (exact) mass is 345 g/mol. The predicted molar refractivity (Wildman–Crippen MR) is 92.6 cm³/mol. The topological polar surface area (TPSA) is 56.8 Å². The van der Waals surface area contributed by atoms with Gasteiger partial charge in [0.1, 0.15) is 6.61 Å². The average molecular weight is 345 g/mol. The zero-order valence-electron chi connectivity index (χ0n) is 13.1. The van der Waals surface area contributed by atoms with Crippen molar-refractivity contribution in [3.05, 3.63) is 63.9 Å². The van der Waals surface area contributed by atoms with Crippen molar-refractivity contribution in [2.24, 2.45) is 0 Å².